The van der Waals surface area contributed by atoms with E-state index in [0.29, 0.717) is 29.6 Å². The van der Waals surface area contributed by atoms with Gasteiger partial charge in [0.15, 0.2) is 23.0 Å². The number of hydrogen-bond donors (Lipinski definition) is 0. The van der Waals surface area contributed by atoms with Crippen LogP contribution in [0.3, 0.4) is 0 Å². The Kier molecular flexibility index (Phi) is 5.45. The zero-order valence-corrected chi connectivity index (χ0v) is 17.5. The summed E-state index contributed by atoms with van der Waals surface area (Å²) in [4.78, 5) is 4.72. The maximum Gasteiger partial charge on any atom is 0.161 e. The van der Waals surface area contributed by atoms with Gasteiger partial charge in [-0.1, -0.05) is 36.4 Å². The number of nitrogens with zero attached hydrogens (tertiary/aromatic N) is 1. The Morgan fingerprint density at radius 3 is 1.97 bits per heavy atom. The van der Waals surface area contributed by atoms with Gasteiger partial charge in [-0.2, -0.15) is 0 Å². The van der Waals surface area contributed by atoms with Gasteiger partial charge in [0, 0.05) is 0 Å². The predicted molar refractivity (Wildman–Crippen MR) is 122 cm³/mol. The fourth-order valence-corrected chi connectivity index (χ4v) is 3.50. The van der Waals surface area contributed by atoms with Crippen molar-refractivity contribution in [2.75, 3.05) is 7.11 Å². The number of hydrogen-bond acceptors (Lipinski definition) is 5. The van der Waals surface area contributed by atoms with Crippen molar-refractivity contribution in [3.63, 3.8) is 0 Å². The summed E-state index contributed by atoms with van der Waals surface area (Å²) in [6.07, 6.45) is 3.27. The average Bonchev–Trinajstić information content (AvgIpc) is 3.58. The van der Waals surface area contributed by atoms with Gasteiger partial charge < -0.3 is 18.3 Å². The summed E-state index contributed by atoms with van der Waals surface area (Å²) in [6.45, 7) is 0.469. The van der Waals surface area contributed by atoms with Crippen molar-refractivity contribution in [1.82, 2.24) is 4.98 Å². The van der Waals surface area contributed by atoms with Gasteiger partial charge in [-0.25, -0.2) is 4.98 Å². The first-order chi connectivity index (χ1) is 15.8. The van der Waals surface area contributed by atoms with Crippen LogP contribution in [0.4, 0.5) is 0 Å². The second-order valence-electron chi connectivity index (χ2n) is 7.22. The van der Waals surface area contributed by atoms with Crippen LogP contribution in [0, 0.1) is 0 Å². The number of aromatic nitrogens is 1. The van der Waals surface area contributed by atoms with Crippen LogP contribution in [-0.4, -0.2) is 12.1 Å². The first-order valence-electron chi connectivity index (χ1n) is 10.2. The van der Waals surface area contributed by atoms with Crippen LogP contribution in [0.1, 0.15) is 5.56 Å². The Balaban J connectivity index is 1.51. The molecule has 2 aromatic carbocycles. The molecule has 0 atom stereocenters. The molecular formula is C27H21NO4. The van der Waals surface area contributed by atoms with Gasteiger partial charge in [0.25, 0.3) is 0 Å². The minimum Gasteiger partial charge on any atom is -0.493 e. The summed E-state index contributed by atoms with van der Waals surface area (Å²) in [5.74, 6) is 2.73. The second kappa shape index (κ2) is 8.86. The zero-order valence-electron chi connectivity index (χ0n) is 17.5. The largest absolute Gasteiger partial charge is 0.493 e. The molecule has 0 unspecified atom stereocenters. The minimum absolute atomic E-state index is 0.469. The van der Waals surface area contributed by atoms with Gasteiger partial charge in [0.05, 0.1) is 19.6 Å². The molecule has 3 heterocycles. The molecule has 5 heteroatoms. The van der Waals surface area contributed by atoms with Crippen molar-refractivity contribution in [2.24, 2.45) is 0 Å². The van der Waals surface area contributed by atoms with Crippen LogP contribution in [0.25, 0.3) is 34.0 Å². The molecule has 0 fully saturated rings. The van der Waals surface area contributed by atoms with E-state index >= 15 is 0 Å². The Hall–Kier alpha value is -4.25. The standard InChI is InChI=1S/C27H21NO4/c1-29-27-17-20(11-12-26(27)32-18-19-7-3-2-4-8-19)21-15-22(24-9-5-13-30-24)28-23(16-21)25-10-6-14-31-25/h2-17H,18H2,1H3. The van der Waals surface area contributed by atoms with Crippen molar-refractivity contribution in [1.29, 1.82) is 0 Å². The SMILES string of the molecule is COc1cc(-c2cc(-c3ccco3)nc(-c3ccco3)c2)ccc1OCc1ccccc1. The molecule has 0 saturated heterocycles. The lowest BCUT2D eigenvalue weighted by Crippen LogP contribution is -1.98. The van der Waals surface area contributed by atoms with E-state index in [1.807, 2.05) is 84.9 Å². The Morgan fingerprint density at radius 1 is 0.688 bits per heavy atom. The molecule has 0 aliphatic heterocycles. The van der Waals surface area contributed by atoms with E-state index in [-0.39, 0.29) is 0 Å². The van der Waals surface area contributed by atoms with Gasteiger partial charge in [-0.05, 0) is 65.2 Å². The molecule has 158 valence electrons. The van der Waals surface area contributed by atoms with E-state index in [2.05, 4.69) is 0 Å². The zero-order chi connectivity index (χ0) is 21.8. The number of furan rings is 2. The van der Waals surface area contributed by atoms with Crippen molar-refractivity contribution in [3.8, 4) is 45.5 Å². The molecule has 0 radical (unpaired) electrons. The number of methoxy groups -OCH3 is 1. The smallest absolute Gasteiger partial charge is 0.161 e. The highest BCUT2D eigenvalue weighted by Gasteiger charge is 2.14. The van der Waals surface area contributed by atoms with Gasteiger partial charge in [0.1, 0.15) is 18.0 Å². The first-order valence-corrected chi connectivity index (χ1v) is 10.2. The average molecular weight is 423 g/mol. The molecule has 0 aliphatic carbocycles. The molecule has 32 heavy (non-hydrogen) atoms. The quantitative estimate of drug-likeness (QED) is 0.286. The van der Waals surface area contributed by atoms with E-state index in [1.54, 1.807) is 19.6 Å². The van der Waals surface area contributed by atoms with Crippen molar-refractivity contribution >= 4 is 0 Å². The summed E-state index contributed by atoms with van der Waals surface area (Å²) >= 11 is 0. The highest BCUT2D eigenvalue weighted by Crippen LogP contribution is 2.36. The number of rotatable bonds is 7. The molecule has 5 aromatic rings. The minimum atomic E-state index is 0.469. The fourth-order valence-electron chi connectivity index (χ4n) is 3.50. The lowest BCUT2D eigenvalue weighted by atomic mass is 10.0. The summed E-state index contributed by atoms with van der Waals surface area (Å²) in [7, 11) is 1.64. The van der Waals surface area contributed by atoms with Crippen LogP contribution >= 0.6 is 0 Å². The lowest BCUT2D eigenvalue weighted by molar-refractivity contribution is 0.284. The number of pyridine rings is 1. The lowest BCUT2D eigenvalue weighted by Gasteiger charge is -2.13. The van der Waals surface area contributed by atoms with Gasteiger partial charge in [-0.3, -0.25) is 0 Å². The van der Waals surface area contributed by atoms with Gasteiger partial charge >= 0.3 is 0 Å². The summed E-state index contributed by atoms with van der Waals surface area (Å²) in [6, 6.07) is 27.4. The maximum atomic E-state index is 6.00. The van der Waals surface area contributed by atoms with Crippen molar-refractivity contribution in [3.05, 3.63) is 103 Å². The molecule has 0 spiro atoms. The molecular weight excluding hydrogens is 402 g/mol. The highest BCUT2D eigenvalue weighted by molar-refractivity contribution is 5.75. The number of ether oxygens (including phenoxy) is 2. The topological polar surface area (TPSA) is 57.6 Å². The summed E-state index contributed by atoms with van der Waals surface area (Å²) in [5.41, 5.74) is 4.48. The third kappa shape index (κ3) is 4.14. The van der Waals surface area contributed by atoms with Crippen LogP contribution in [-0.2, 0) is 6.61 Å². The highest BCUT2D eigenvalue weighted by atomic mass is 16.5. The van der Waals surface area contributed by atoms with Crippen LogP contribution in [0.2, 0.25) is 0 Å². The third-order valence-electron chi connectivity index (χ3n) is 5.11. The van der Waals surface area contributed by atoms with E-state index in [0.717, 1.165) is 28.1 Å². The normalized spacial score (nSPS) is 10.8. The van der Waals surface area contributed by atoms with Crippen molar-refractivity contribution < 1.29 is 18.3 Å². The van der Waals surface area contributed by atoms with E-state index < -0.39 is 0 Å². The molecule has 0 bridgehead atoms. The van der Waals surface area contributed by atoms with Gasteiger partial charge in [-0.15, -0.1) is 0 Å². The third-order valence-corrected chi connectivity index (χ3v) is 5.11. The Labute approximate surface area is 185 Å². The molecule has 3 aromatic heterocycles. The fraction of sp³-hybridized carbons (Fsp3) is 0.0741. The number of benzene rings is 2. The molecule has 0 N–H and O–H groups in total. The Morgan fingerprint density at radius 2 is 1.38 bits per heavy atom. The first kappa shape index (κ1) is 19.7. The molecule has 5 rings (SSSR count). The van der Waals surface area contributed by atoms with Crippen LogP contribution < -0.4 is 9.47 Å². The van der Waals surface area contributed by atoms with Crippen LogP contribution in [0.5, 0.6) is 11.5 Å². The second-order valence-corrected chi connectivity index (χ2v) is 7.22. The van der Waals surface area contributed by atoms with E-state index in [4.69, 9.17) is 23.3 Å². The van der Waals surface area contributed by atoms with E-state index in [9.17, 15) is 0 Å². The van der Waals surface area contributed by atoms with Gasteiger partial charge in [0.2, 0.25) is 0 Å². The van der Waals surface area contributed by atoms with Crippen molar-refractivity contribution in [2.45, 2.75) is 6.61 Å². The summed E-state index contributed by atoms with van der Waals surface area (Å²) < 4.78 is 22.8. The van der Waals surface area contributed by atoms with Crippen LogP contribution in [0.15, 0.2) is 106 Å². The molecule has 0 amide bonds. The molecule has 0 aliphatic rings. The Bertz CT molecular complexity index is 1240. The monoisotopic (exact) mass is 423 g/mol. The predicted octanol–water partition coefficient (Wildman–Crippen LogP) is 6.86. The molecule has 5 nitrogen and oxygen atoms in total. The molecule has 0 saturated carbocycles. The maximum absolute atomic E-state index is 6.00. The summed E-state index contributed by atoms with van der Waals surface area (Å²) in [5, 5.41) is 0. The van der Waals surface area contributed by atoms with E-state index in [1.165, 1.54) is 0 Å².